The Morgan fingerprint density at radius 1 is 1.19 bits per heavy atom. The van der Waals surface area contributed by atoms with Gasteiger partial charge >= 0.3 is 0 Å². The summed E-state index contributed by atoms with van der Waals surface area (Å²) in [5.74, 6) is 1.66. The summed E-state index contributed by atoms with van der Waals surface area (Å²) in [5, 5.41) is 0. The fourth-order valence-electron chi connectivity index (χ4n) is 1.67. The maximum Gasteiger partial charge on any atom is 0.231 e. The number of hydrogen-bond donors (Lipinski definition) is 0. The number of rotatable bonds is 6. The second-order valence-corrected chi connectivity index (χ2v) is 3.95. The van der Waals surface area contributed by atoms with E-state index in [1.54, 1.807) is 0 Å². The van der Waals surface area contributed by atoms with E-state index in [0.717, 1.165) is 30.1 Å². The van der Waals surface area contributed by atoms with E-state index in [0.29, 0.717) is 13.4 Å². The van der Waals surface area contributed by atoms with Gasteiger partial charge in [-0.15, -0.1) is 0 Å². The minimum atomic E-state index is 0.330. The lowest BCUT2D eigenvalue weighted by atomic mass is 10.2. The smallest absolute Gasteiger partial charge is 0.231 e. The molecule has 1 aliphatic heterocycles. The van der Waals surface area contributed by atoms with Crippen LogP contribution in [-0.2, 0) is 11.3 Å². The van der Waals surface area contributed by atoms with Crippen LogP contribution in [0.15, 0.2) is 18.2 Å². The third-order valence-electron chi connectivity index (χ3n) is 2.60. The van der Waals surface area contributed by atoms with Gasteiger partial charge in [-0.1, -0.05) is 25.8 Å². The van der Waals surface area contributed by atoms with Gasteiger partial charge < -0.3 is 14.2 Å². The summed E-state index contributed by atoms with van der Waals surface area (Å²) in [4.78, 5) is 0. The van der Waals surface area contributed by atoms with E-state index in [4.69, 9.17) is 14.2 Å². The first-order chi connectivity index (χ1) is 7.90. The SMILES string of the molecule is CCCCCOCc1ccc2c(c1)OCO2. The molecule has 1 aromatic carbocycles. The van der Waals surface area contributed by atoms with Crippen molar-refractivity contribution in [3.8, 4) is 11.5 Å². The standard InChI is InChI=1S/C13H18O3/c1-2-3-4-7-14-9-11-5-6-12-13(8-11)16-10-15-12/h5-6,8H,2-4,7,9-10H2,1H3. The fraction of sp³-hybridized carbons (Fsp3) is 0.538. The topological polar surface area (TPSA) is 27.7 Å². The third kappa shape index (κ3) is 2.89. The highest BCUT2D eigenvalue weighted by atomic mass is 16.7. The fourth-order valence-corrected chi connectivity index (χ4v) is 1.67. The van der Waals surface area contributed by atoms with E-state index >= 15 is 0 Å². The lowest BCUT2D eigenvalue weighted by molar-refractivity contribution is 0.117. The predicted molar refractivity (Wildman–Crippen MR) is 61.7 cm³/mol. The minimum absolute atomic E-state index is 0.330. The van der Waals surface area contributed by atoms with Crippen LogP contribution < -0.4 is 9.47 Å². The van der Waals surface area contributed by atoms with Crippen molar-refractivity contribution in [2.45, 2.75) is 32.8 Å². The highest BCUT2D eigenvalue weighted by Gasteiger charge is 2.12. The Labute approximate surface area is 96.3 Å². The Hall–Kier alpha value is -1.22. The van der Waals surface area contributed by atoms with Crippen LogP contribution in [0.25, 0.3) is 0 Å². The quantitative estimate of drug-likeness (QED) is 0.692. The van der Waals surface area contributed by atoms with Gasteiger partial charge in [0.05, 0.1) is 6.61 Å². The van der Waals surface area contributed by atoms with Crippen molar-refractivity contribution in [2.75, 3.05) is 13.4 Å². The van der Waals surface area contributed by atoms with Gasteiger partial charge in [0.2, 0.25) is 6.79 Å². The molecule has 0 bridgehead atoms. The molecule has 0 spiro atoms. The molecular formula is C13H18O3. The molecule has 0 aliphatic carbocycles. The molecule has 1 aromatic rings. The molecule has 0 saturated carbocycles. The van der Waals surface area contributed by atoms with Gasteiger partial charge in [0, 0.05) is 6.61 Å². The molecule has 1 aliphatic rings. The molecule has 0 radical (unpaired) electrons. The second kappa shape index (κ2) is 5.75. The summed E-state index contributed by atoms with van der Waals surface area (Å²) in [5.41, 5.74) is 1.14. The maximum atomic E-state index is 5.59. The molecular weight excluding hydrogens is 204 g/mol. The van der Waals surface area contributed by atoms with Crippen molar-refractivity contribution in [2.24, 2.45) is 0 Å². The van der Waals surface area contributed by atoms with Gasteiger partial charge in [-0.25, -0.2) is 0 Å². The Morgan fingerprint density at radius 2 is 2.06 bits per heavy atom. The highest BCUT2D eigenvalue weighted by molar-refractivity contribution is 5.44. The van der Waals surface area contributed by atoms with Crippen LogP contribution >= 0.6 is 0 Å². The molecule has 0 unspecified atom stereocenters. The Kier molecular flexibility index (Phi) is 4.05. The first-order valence-corrected chi connectivity index (χ1v) is 5.86. The van der Waals surface area contributed by atoms with E-state index in [-0.39, 0.29) is 0 Å². The van der Waals surface area contributed by atoms with E-state index in [2.05, 4.69) is 6.92 Å². The summed E-state index contributed by atoms with van der Waals surface area (Å²) in [6, 6.07) is 5.95. The van der Waals surface area contributed by atoms with Gasteiger partial charge in [0.15, 0.2) is 11.5 Å². The van der Waals surface area contributed by atoms with Crippen LogP contribution in [0.3, 0.4) is 0 Å². The summed E-state index contributed by atoms with van der Waals surface area (Å²) < 4.78 is 16.1. The van der Waals surface area contributed by atoms with Gasteiger partial charge in [-0.05, 0) is 24.1 Å². The van der Waals surface area contributed by atoms with E-state index < -0.39 is 0 Å². The monoisotopic (exact) mass is 222 g/mol. The third-order valence-corrected chi connectivity index (χ3v) is 2.60. The zero-order chi connectivity index (χ0) is 11.2. The van der Waals surface area contributed by atoms with Gasteiger partial charge in [-0.2, -0.15) is 0 Å². The number of unbranched alkanes of at least 4 members (excludes halogenated alkanes) is 2. The van der Waals surface area contributed by atoms with Crippen LogP contribution in [0.1, 0.15) is 31.7 Å². The van der Waals surface area contributed by atoms with Crippen molar-refractivity contribution in [3.63, 3.8) is 0 Å². The number of benzene rings is 1. The van der Waals surface area contributed by atoms with Crippen molar-refractivity contribution in [1.82, 2.24) is 0 Å². The van der Waals surface area contributed by atoms with E-state index in [9.17, 15) is 0 Å². The van der Waals surface area contributed by atoms with Gasteiger partial charge in [0.1, 0.15) is 0 Å². The number of hydrogen-bond acceptors (Lipinski definition) is 3. The molecule has 0 amide bonds. The predicted octanol–water partition coefficient (Wildman–Crippen LogP) is 3.12. The van der Waals surface area contributed by atoms with Crippen molar-refractivity contribution in [3.05, 3.63) is 23.8 Å². The molecule has 0 aromatic heterocycles. The first-order valence-electron chi connectivity index (χ1n) is 5.86. The second-order valence-electron chi connectivity index (χ2n) is 3.95. The Morgan fingerprint density at radius 3 is 2.94 bits per heavy atom. The summed E-state index contributed by atoms with van der Waals surface area (Å²) in [7, 11) is 0. The first kappa shape index (κ1) is 11.3. The highest BCUT2D eigenvalue weighted by Crippen LogP contribution is 2.32. The van der Waals surface area contributed by atoms with Crippen LogP contribution in [-0.4, -0.2) is 13.4 Å². The van der Waals surface area contributed by atoms with Crippen LogP contribution in [0.5, 0.6) is 11.5 Å². The lowest BCUT2D eigenvalue weighted by Crippen LogP contribution is -1.95. The molecule has 2 rings (SSSR count). The molecule has 0 N–H and O–H groups in total. The van der Waals surface area contributed by atoms with Gasteiger partial charge in [0.25, 0.3) is 0 Å². The summed E-state index contributed by atoms with van der Waals surface area (Å²) in [6.07, 6.45) is 3.61. The Bertz CT molecular complexity index is 336. The molecule has 88 valence electrons. The van der Waals surface area contributed by atoms with Crippen LogP contribution in [0.4, 0.5) is 0 Å². The number of fused-ring (bicyclic) bond motifs is 1. The molecule has 0 atom stereocenters. The molecule has 0 fully saturated rings. The largest absolute Gasteiger partial charge is 0.454 e. The average molecular weight is 222 g/mol. The number of ether oxygens (including phenoxy) is 3. The Balaban J connectivity index is 1.77. The zero-order valence-electron chi connectivity index (χ0n) is 9.70. The molecule has 16 heavy (non-hydrogen) atoms. The maximum absolute atomic E-state index is 5.59. The van der Waals surface area contributed by atoms with Crippen molar-refractivity contribution >= 4 is 0 Å². The van der Waals surface area contributed by atoms with E-state index in [1.807, 2.05) is 18.2 Å². The van der Waals surface area contributed by atoms with Gasteiger partial charge in [-0.3, -0.25) is 0 Å². The average Bonchev–Trinajstić information content (AvgIpc) is 2.76. The lowest BCUT2D eigenvalue weighted by Gasteiger charge is -2.04. The zero-order valence-corrected chi connectivity index (χ0v) is 9.70. The minimum Gasteiger partial charge on any atom is -0.454 e. The molecule has 0 saturated heterocycles. The summed E-state index contributed by atoms with van der Waals surface area (Å²) >= 11 is 0. The van der Waals surface area contributed by atoms with Crippen molar-refractivity contribution in [1.29, 1.82) is 0 Å². The molecule has 3 nitrogen and oxygen atoms in total. The van der Waals surface area contributed by atoms with Crippen LogP contribution in [0.2, 0.25) is 0 Å². The normalized spacial score (nSPS) is 13.1. The summed E-state index contributed by atoms with van der Waals surface area (Å²) in [6.45, 7) is 4.01. The molecule has 3 heteroatoms. The van der Waals surface area contributed by atoms with Crippen molar-refractivity contribution < 1.29 is 14.2 Å². The molecule has 1 heterocycles. The van der Waals surface area contributed by atoms with Crippen LogP contribution in [0, 0.1) is 0 Å². The van der Waals surface area contributed by atoms with E-state index in [1.165, 1.54) is 12.8 Å².